The normalized spacial score (nSPS) is 25.9. The molecule has 2 unspecified atom stereocenters. The summed E-state index contributed by atoms with van der Waals surface area (Å²) in [4.78, 5) is 13.0. The predicted octanol–water partition coefficient (Wildman–Crippen LogP) is 3.14. The summed E-state index contributed by atoms with van der Waals surface area (Å²) in [5.41, 5.74) is 0.637. The Kier molecular flexibility index (Phi) is 3.34. The van der Waals surface area contributed by atoms with Crippen LogP contribution in [-0.2, 0) is 25.3 Å². The van der Waals surface area contributed by atoms with Gasteiger partial charge in [0.15, 0.2) is 11.5 Å². The summed E-state index contributed by atoms with van der Waals surface area (Å²) in [5, 5.41) is 0. The van der Waals surface area contributed by atoms with Crippen molar-refractivity contribution in [3.8, 4) is 11.5 Å². The zero-order valence-corrected chi connectivity index (χ0v) is 14.7. The Bertz CT molecular complexity index is 843. The summed E-state index contributed by atoms with van der Waals surface area (Å²) >= 11 is 0. The maximum absolute atomic E-state index is 13.0. The van der Waals surface area contributed by atoms with Crippen LogP contribution in [0.4, 0.5) is 0 Å². The quantitative estimate of drug-likeness (QED) is 0.804. The van der Waals surface area contributed by atoms with Gasteiger partial charge >= 0.3 is 5.97 Å². The lowest BCUT2D eigenvalue weighted by molar-refractivity contribution is -0.149. The van der Waals surface area contributed by atoms with Crippen LogP contribution in [0.15, 0.2) is 42.5 Å². The van der Waals surface area contributed by atoms with Crippen LogP contribution in [0.2, 0.25) is 0 Å². The Hall–Kier alpha value is -2.53. The number of hydrogen-bond donors (Lipinski definition) is 0. The van der Waals surface area contributed by atoms with E-state index in [2.05, 4.69) is 0 Å². The Morgan fingerprint density at radius 2 is 1.56 bits per heavy atom. The summed E-state index contributed by atoms with van der Waals surface area (Å²) < 4.78 is 22.8. The SMILES string of the molecule is COc1cc2c(cc1OC)C(C)(C)C1OC(=O)C2(c2ccccc2)O1. The molecule has 2 bridgehead atoms. The minimum atomic E-state index is -1.28. The second kappa shape index (κ2) is 5.23. The number of ether oxygens (including phenoxy) is 4. The Balaban J connectivity index is 2.07. The zero-order chi connectivity index (χ0) is 17.8. The van der Waals surface area contributed by atoms with Crippen LogP contribution in [0.1, 0.15) is 30.5 Å². The van der Waals surface area contributed by atoms with E-state index in [1.807, 2.05) is 56.3 Å². The molecule has 2 aromatic rings. The van der Waals surface area contributed by atoms with Gasteiger partial charge in [-0.2, -0.15) is 0 Å². The van der Waals surface area contributed by atoms with Crippen LogP contribution in [0.25, 0.3) is 0 Å². The fraction of sp³-hybridized carbons (Fsp3) is 0.350. The van der Waals surface area contributed by atoms with Crippen LogP contribution in [0, 0.1) is 0 Å². The largest absolute Gasteiger partial charge is 0.493 e. The summed E-state index contributed by atoms with van der Waals surface area (Å²) in [5.74, 6) is 0.767. The molecule has 5 nitrogen and oxygen atoms in total. The number of carbonyl (C=O) groups excluding carboxylic acids is 1. The smallest absolute Gasteiger partial charge is 0.350 e. The topological polar surface area (TPSA) is 54.0 Å². The van der Waals surface area contributed by atoms with Gasteiger partial charge in [0.05, 0.1) is 19.6 Å². The first-order valence-electron chi connectivity index (χ1n) is 8.16. The lowest BCUT2D eigenvalue weighted by Crippen LogP contribution is -2.45. The molecule has 2 aliphatic heterocycles. The van der Waals surface area contributed by atoms with E-state index in [0.29, 0.717) is 11.5 Å². The van der Waals surface area contributed by atoms with Crippen LogP contribution in [0.5, 0.6) is 11.5 Å². The molecule has 130 valence electrons. The average molecular weight is 340 g/mol. The fourth-order valence-corrected chi connectivity index (χ4v) is 3.73. The summed E-state index contributed by atoms with van der Waals surface area (Å²) in [6, 6.07) is 13.2. The van der Waals surface area contributed by atoms with Gasteiger partial charge in [0, 0.05) is 5.56 Å². The molecule has 0 radical (unpaired) electrons. The van der Waals surface area contributed by atoms with Crippen molar-refractivity contribution in [1.29, 1.82) is 0 Å². The lowest BCUT2D eigenvalue weighted by atomic mass is 9.72. The van der Waals surface area contributed by atoms with Crippen molar-refractivity contribution in [3.63, 3.8) is 0 Å². The van der Waals surface area contributed by atoms with Gasteiger partial charge in [-0.15, -0.1) is 0 Å². The number of esters is 1. The van der Waals surface area contributed by atoms with Gasteiger partial charge in [0.2, 0.25) is 11.9 Å². The molecular formula is C20H20O5. The summed E-state index contributed by atoms with van der Waals surface area (Å²) in [6.45, 7) is 3.99. The van der Waals surface area contributed by atoms with Crippen molar-refractivity contribution < 1.29 is 23.7 Å². The number of rotatable bonds is 3. The third-order valence-corrected chi connectivity index (χ3v) is 5.15. The highest BCUT2D eigenvalue weighted by Gasteiger charge is 2.63. The highest BCUT2D eigenvalue weighted by atomic mass is 16.8. The van der Waals surface area contributed by atoms with Crippen molar-refractivity contribution in [1.82, 2.24) is 0 Å². The summed E-state index contributed by atoms with van der Waals surface area (Å²) in [6.07, 6.45) is -0.661. The summed E-state index contributed by atoms with van der Waals surface area (Å²) in [7, 11) is 3.17. The van der Waals surface area contributed by atoms with Gasteiger partial charge in [-0.1, -0.05) is 30.3 Å². The standard InChI is InChI=1S/C20H20O5/c1-19(2)13-10-15(22-3)16(23-4)11-14(13)20(12-8-6-5-7-9-12)17(21)24-18(19)25-20/h5-11,18H,1-4H3. The third-order valence-electron chi connectivity index (χ3n) is 5.15. The monoisotopic (exact) mass is 340 g/mol. The number of carbonyl (C=O) groups is 1. The Morgan fingerprint density at radius 3 is 2.16 bits per heavy atom. The van der Waals surface area contributed by atoms with E-state index >= 15 is 0 Å². The molecule has 0 aliphatic carbocycles. The van der Waals surface area contributed by atoms with Crippen molar-refractivity contribution in [2.75, 3.05) is 14.2 Å². The van der Waals surface area contributed by atoms with Crippen LogP contribution in [-0.4, -0.2) is 26.5 Å². The number of benzene rings is 2. The number of hydrogen-bond acceptors (Lipinski definition) is 5. The molecule has 0 N–H and O–H groups in total. The third kappa shape index (κ3) is 1.96. The molecule has 4 rings (SSSR count). The molecule has 2 aromatic carbocycles. The highest BCUT2D eigenvalue weighted by molar-refractivity contribution is 5.89. The van der Waals surface area contributed by atoms with E-state index in [4.69, 9.17) is 18.9 Å². The van der Waals surface area contributed by atoms with Crippen molar-refractivity contribution >= 4 is 5.97 Å². The second-order valence-electron chi connectivity index (χ2n) is 6.88. The van der Waals surface area contributed by atoms with Gasteiger partial charge < -0.3 is 18.9 Å². The van der Waals surface area contributed by atoms with Gasteiger partial charge in [-0.3, -0.25) is 0 Å². The van der Waals surface area contributed by atoms with Gasteiger partial charge in [0.1, 0.15) is 0 Å². The van der Waals surface area contributed by atoms with E-state index in [1.54, 1.807) is 14.2 Å². The Morgan fingerprint density at radius 1 is 0.960 bits per heavy atom. The van der Waals surface area contributed by atoms with Gasteiger partial charge in [-0.05, 0) is 37.1 Å². The predicted molar refractivity (Wildman–Crippen MR) is 90.8 cm³/mol. The zero-order valence-electron chi connectivity index (χ0n) is 14.7. The molecular weight excluding hydrogens is 320 g/mol. The molecule has 1 saturated heterocycles. The maximum Gasteiger partial charge on any atom is 0.350 e. The average Bonchev–Trinajstić information content (AvgIpc) is 2.97. The van der Waals surface area contributed by atoms with Crippen molar-refractivity contribution in [2.24, 2.45) is 0 Å². The maximum atomic E-state index is 13.0. The fourth-order valence-electron chi connectivity index (χ4n) is 3.73. The molecule has 0 saturated carbocycles. The molecule has 25 heavy (non-hydrogen) atoms. The van der Waals surface area contributed by atoms with Crippen LogP contribution < -0.4 is 9.47 Å². The number of fused-ring (bicyclic) bond motifs is 4. The van der Waals surface area contributed by atoms with E-state index in [9.17, 15) is 4.79 Å². The lowest BCUT2D eigenvalue weighted by Gasteiger charge is -2.40. The molecule has 5 heteroatoms. The highest BCUT2D eigenvalue weighted by Crippen LogP contribution is 2.55. The van der Waals surface area contributed by atoms with Crippen molar-refractivity contribution in [3.05, 3.63) is 59.2 Å². The van der Waals surface area contributed by atoms with Crippen LogP contribution in [0.3, 0.4) is 0 Å². The molecule has 0 spiro atoms. The van der Waals surface area contributed by atoms with Gasteiger partial charge in [0.25, 0.3) is 0 Å². The van der Waals surface area contributed by atoms with Crippen molar-refractivity contribution in [2.45, 2.75) is 31.2 Å². The minimum absolute atomic E-state index is 0.400. The minimum Gasteiger partial charge on any atom is -0.493 e. The number of methoxy groups -OCH3 is 2. The van der Waals surface area contributed by atoms with Gasteiger partial charge in [-0.25, -0.2) is 4.79 Å². The Labute approximate surface area is 146 Å². The molecule has 2 aliphatic rings. The molecule has 0 amide bonds. The van der Waals surface area contributed by atoms with Crippen LogP contribution >= 0.6 is 0 Å². The van der Waals surface area contributed by atoms with E-state index in [0.717, 1.165) is 16.7 Å². The first kappa shape index (κ1) is 16.0. The molecule has 1 fully saturated rings. The van der Waals surface area contributed by atoms with E-state index in [-0.39, 0.29) is 0 Å². The molecule has 0 aromatic heterocycles. The first-order valence-corrected chi connectivity index (χ1v) is 8.16. The first-order chi connectivity index (χ1) is 11.9. The van der Waals surface area contributed by atoms with E-state index < -0.39 is 23.3 Å². The molecule has 2 atom stereocenters. The molecule has 2 heterocycles. The second-order valence-corrected chi connectivity index (χ2v) is 6.88. The van der Waals surface area contributed by atoms with E-state index in [1.165, 1.54) is 0 Å².